The largest absolute Gasteiger partial charge is 0.496 e. The molecular weight excluding hydrogens is 402 g/mol. The van der Waals surface area contributed by atoms with E-state index in [1.807, 2.05) is 24.3 Å². The lowest BCUT2D eigenvalue weighted by molar-refractivity contribution is 0.0999. The number of para-hydroxylation sites is 1. The SMILES string of the molecule is COc1ccccc1C1CNCCN1S(=O)(=O)c1ccc(C)c(C(N)=O)c1.Cl. The first-order valence-electron chi connectivity index (χ1n) is 8.62. The van der Waals surface area contributed by atoms with E-state index in [-0.39, 0.29) is 22.9 Å². The number of piperazine rings is 1. The van der Waals surface area contributed by atoms with Crippen LogP contribution in [-0.4, -0.2) is 45.4 Å². The molecule has 9 heteroatoms. The number of methoxy groups -OCH3 is 1. The van der Waals surface area contributed by atoms with Crippen LogP contribution in [0.3, 0.4) is 0 Å². The van der Waals surface area contributed by atoms with Gasteiger partial charge in [-0.2, -0.15) is 4.31 Å². The molecule has 1 aliphatic rings. The van der Waals surface area contributed by atoms with Crippen molar-refractivity contribution in [1.82, 2.24) is 9.62 Å². The summed E-state index contributed by atoms with van der Waals surface area (Å²) in [4.78, 5) is 11.7. The van der Waals surface area contributed by atoms with Crippen LogP contribution in [0.15, 0.2) is 47.4 Å². The number of sulfonamides is 1. The third-order valence-corrected chi connectivity index (χ3v) is 6.68. The van der Waals surface area contributed by atoms with Gasteiger partial charge in [-0.25, -0.2) is 8.42 Å². The smallest absolute Gasteiger partial charge is 0.249 e. The van der Waals surface area contributed by atoms with Crippen molar-refractivity contribution in [2.24, 2.45) is 5.73 Å². The molecule has 2 aromatic carbocycles. The minimum atomic E-state index is -3.83. The number of carbonyl (C=O) groups is 1. The monoisotopic (exact) mass is 425 g/mol. The Hall–Kier alpha value is -2.13. The number of nitrogens with zero attached hydrogens (tertiary/aromatic N) is 1. The number of halogens is 1. The number of aryl methyl sites for hydroxylation is 1. The van der Waals surface area contributed by atoms with Gasteiger partial charge in [0, 0.05) is 30.8 Å². The molecule has 0 bridgehead atoms. The number of primary amides is 1. The zero-order valence-electron chi connectivity index (χ0n) is 15.7. The number of benzene rings is 2. The summed E-state index contributed by atoms with van der Waals surface area (Å²) in [6.07, 6.45) is 0. The highest BCUT2D eigenvalue weighted by Crippen LogP contribution is 2.34. The van der Waals surface area contributed by atoms with Gasteiger partial charge in [-0.1, -0.05) is 24.3 Å². The van der Waals surface area contributed by atoms with Crippen molar-refractivity contribution < 1.29 is 17.9 Å². The van der Waals surface area contributed by atoms with Crippen molar-refractivity contribution >= 4 is 28.3 Å². The predicted octanol–water partition coefficient (Wildman–Crippen LogP) is 1.86. The van der Waals surface area contributed by atoms with Gasteiger partial charge < -0.3 is 15.8 Å². The standard InChI is InChI=1S/C19H23N3O4S.ClH/c1-13-7-8-14(11-16(13)19(20)23)27(24,25)22-10-9-21-12-17(22)15-5-3-4-6-18(15)26-2;/h3-8,11,17,21H,9-10,12H2,1-2H3,(H2,20,23);1H. The maximum atomic E-state index is 13.4. The Labute approximate surface area is 171 Å². The number of nitrogens with two attached hydrogens (primary N) is 1. The third kappa shape index (κ3) is 4.15. The van der Waals surface area contributed by atoms with Crippen LogP contribution < -0.4 is 15.8 Å². The highest BCUT2D eigenvalue weighted by atomic mass is 35.5. The summed E-state index contributed by atoms with van der Waals surface area (Å²) in [5.41, 5.74) is 7.03. The number of rotatable bonds is 5. The fourth-order valence-corrected chi connectivity index (χ4v) is 4.97. The molecule has 152 valence electrons. The molecule has 1 atom stereocenters. The van der Waals surface area contributed by atoms with Crippen LogP contribution >= 0.6 is 12.4 Å². The van der Waals surface area contributed by atoms with Gasteiger partial charge in [0.25, 0.3) is 0 Å². The van der Waals surface area contributed by atoms with Crippen molar-refractivity contribution in [3.63, 3.8) is 0 Å². The van der Waals surface area contributed by atoms with Crippen molar-refractivity contribution in [1.29, 1.82) is 0 Å². The lowest BCUT2D eigenvalue weighted by Gasteiger charge is -2.36. The molecule has 28 heavy (non-hydrogen) atoms. The van der Waals surface area contributed by atoms with Crippen molar-refractivity contribution in [3.8, 4) is 5.75 Å². The van der Waals surface area contributed by atoms with Crippen LogP contribution in [0.25, 0.3) is 0 Å². The Bertz CT molecular complexity index is 965. The zero-order chi connectivity index (χ0) is 19.6. The van der Waals surface area contributed by atoms with Crippen LogP contribution in [0.4, 0.5) is 0 Å². The number of nitrogens with one attached hydrogen (secondary N) is 1. The second-order valence-electron chi connectivity index (χ2n) is 6.42. The van der Waals surface area contributed by atoms with Gasteiger partial charge in [0.1, 0.15) is 5.75 Å². The summed E-state index contributed by atoms with van der Waals surface area (Å²) in [7, 11) is -2.26. The Morgan fingerprint density at radius 3 is 2.64 bits per heavy atom. The first-order valence-corrected chi connectivity index (χ1v) is 10.1. The van der Waals surface area contributed by atoms with E-state index in [1.165, 1.54) is 16.4 Å². The molecule has 0 radical (unpaired) electrons. The van der Waals surface area contributed by atoms with Crippen LogP contribution in [0.2, 0.25) is 0 Å². The predicted molar refractivity (Wildman–Crippen MR) is 109 cm³/mol. The molecule has 0 aromatic heterocycles. The maximum absolute atomic E-state index is 13.4. The molecule has 1 saturated heterocycles. The lowest BCUT2D eigenvalue weighted by Crippen LogP contribution is -2.48. The van der Waals surface area contributed by atoms with Crippen molar-refractivity contribution in [3.05, 3.63) is 59.2 Å². The quantitative estimate of drug-likeness (QED) is 0.761. The molecule has 0 spiro atoms. The van der Waals surface area contributed by atoms with Crippen molar-refractivity contribution in [2.45, 2.75) is 17.9 Å². The molecular formula is C19H24ClN3O4S. The van der Waals surface area contributed by atoms with E-state index in [9.17, 15) is 13.2 Å². The minimum Gasteiger partial charge on any atom is -0.496 e. The summed E-state index contributed by atoms with van der Waals surface area (Å²) < 4.78 is 33.6. The van der Waals surface area contributed by atoms with E-state index in [0.717, 1.165) is 5.56 Å². The molecule has 1 aliphatic heterocycles. The Morgan fingerprint density at radius 1 is 1.25 bits per heavy atom. The highest BCUT2D eigenvalue weighted by molar-refractivity contribution is 7.89. The molecule has 3 rings (SSSR count). The second kappa shape index (κ2) is 8.91. The topological polar surface area (TPSA) is 102 Å². The summed E-state index contributed by atoms with van der Waals surface area (Å²) in [5, 5.41) is 3.24. The fraction of sp³-hybridized carbons (Fsp3) is 0.316. The lowest BCUT2D eigenvalue weighted by atomic mass is 10.0. The number of carbonyl (C=O) groups excluding carboxylic acids is 1. The third-order valence-electron chi connectivity index (χ3n) is 4.77. The molecule has 1 amide bonds. The molecule has 1 unspecified atom stereocenters. The van der Waals surface area contributed by atoms with E-state index in [1.54, 1.807) is 20.1 Å². The average Bonchev–Trinajstić information content (AvgIpc) is 2.68. The van der Waals surface area contributed by atoms with E-state index in [2.05, 4.69) is 5.32 Å². The number of hydrogen-bond acceptors (Lipinski definition) is 5. The first kappa shape index (κ1) is 22.2. The minimum absolute atomic E-state index is 0. The highest BCUT2D eigenvalue weighted by Gasteiger charge is 2.36. The van der Waals surface area contributed by atoms with Gasteiger partial charge in [0.05, 0.1) is 18.0 Å². The maximum Gasteiger partial charge on any atom is 0.249 e. The van der Waals surface area contributed by atoms with Crippen LogP contribution in [0.1, 0.15) is 27.5 Å². The summed E-state index contributed by atoms with van der Waals surface area (Å²) in [6, 6.07) is 11.4. The molecule has 1 heterocycles. The normalized spacial score (nSPS) is 17.6. The first-order chi connectivity index (χ1) is 12.9. The van der Waals surface area contributed by atoms with E-state index < -0.39 is 22.0 Å². The fourth-order valence-electron chi connectivity index (χ4n) is 3.34. The van der Waals surface area contributed by atoms with Gasteiger partial charge in [-0.3, -0.25) is 4.79 Å². The number of amides is 1. The molecule has 0 saturated carbocycles. The van der Waals surface area contributed by atoms with Crippen molar-refractivity contribution in [2.75, 3.05) is 26.7 Å². The number of ether oxygens (including phenoxy) is 1. The summed E-state index contributed by atoms with van der Waals surface area (Å²) >= 11 is 0. The Kier molecular flexibility index (Phi) is 7.06. The van der Waals surface area contributed by atoms with Gasteiger partial charge in [0.15, 0.2) is 0 Å². The molecule has 0 aliphatic carbocycles. The van der Waals surface area contributed by atoms with Crippen LogP contribution in [0.5, 0.6) is 5.75 Å². The molecule has 3 N–H and O–H groups in total. The molecule has 2 aromatic rings. The molecule has 7 nitrogen and oxygen atoms in total. The van der Waals surface area contributed by atoms with E-state index in [4.69, 9.17) is 10.5 Å². The Morgan fingerprint density at radius 2 is 1.96 bits per heavy atom. The van der Waals surface area contributed by atoms with Crippen LogP contribution in [-0.2, 0) is 10.0 Å². The van der Waals surface area contributed by atoms with Gasteiger partial charge in [0.2, 0.25) is 15.9 Å². The van der Waals surface area contributed by atoms with Crippen LogP contribution in [0, 0.1) is 6.92 Å². The zero-order valence-corrected chi connectivity index (χ0v) is 17.3. The summed E-state index contributed by atoms with van der Waals surface area (Å²) in [5.74, 6) is -0.0146. The van der Waals surface area contributed by atoms with Gasteiger partial charge >= 0.3 is 0 Å². The van der Waals surface area contributed by atoms with Gasteiger partial charge in [-0.15, -0.1) is 12.4 Å². The van der Waals surface area contributed by atoms with E-state index in [0.29, 0.717) is 30.9 Å². The molecule has 1 fully saturated rings. The van der Waals surface area contributed by atoms with E-state index >= 15 is 0 Å². The Balaban J connectivity index is 0.00000280. The average molecular weight is 426 g/mol. The summed E-state index contributed by atoms with van der Waals surface area (Å²) in [6.45, 7) is 3.04. The second-order valence-corrected chi connectivity index (χ2v) is 8.31. The number of hydrogen-bond donors (Lipinski definition) is 2. The van der Waals surface area contributed by atoms with Gasteiger partial charge in [-0.05, 0) is 30.7 Å².